The second-order valence-corrected chi connectivity index (χ2v) is 7.65. The summed E-state index contributed by atoms with van der Waals surface area (Å²) in [7, 11) is 0. The van der Waals surface area contributed by atoms with Crippen LogP contribution in [-0.4, -0.2) is 47.8 Å². The van der Waals surface area contributed by atoms with Crippen LogP contribution in [0.2, 0.25) is 5.02 Å². The Morgan fingerprint density at radius 1 is 1.29 bits per heavy atom. The van der Waals surface area contributed by atoms with Crippen molar-refractivity contribution in [3.8, 4) is 0 Å². The van der Waals surface area contributed by atoms with Gasteiger partial charge in [-0.3, -0.25) is 5.32 Å². The summed E-state index contributed by atoms with van der Waals surface area (Å²) >= 11 is 5.68. The van der Waals surface area contributed by atoms with Crippen LogP contribution in [0.4, 0.5) is 9.18 Å². The first-order chi connectivity index (χ1) is 13.1. The van der Waals surface area contributed by atoms with Gasteiger partial charge < -0.3 is 14.4 Å². The number of halogens is 2. The Kier molecular flexibility index (Phi) is 8.70. The number of carbonyl (C=O) groups is 2. The zero-order valence-electron chi connectivity index (χ0n) is 17.4. The highest BCUT2D eigenvalue weighted by Crippen LogP contribution is 2.26. The summed E-state index contributed by atoms with van der Waals surface area (Å²) in [6.45, 7) is 11.7. The van der Waals surface area contributed by atoms with Crippen molar-refractivity contribution in [1.82, 2.24) is 10.2 Å². The summed E-state index contributed by atoms with van der Waals surface area (Å²) in [5.74, 6) is -0.977. The highest BCUT2D eigenvalue weighted by molar-refractivity contribution is 6.30. The van der Waals surface area contributed by atoms with E-state index in [1.165, 1.54) is 17.0 Å². The SMILES string of the molecule is CC.CCOC(=O)C1(NCc2ccc(Cl)c(F)c2)CN(C(=O)OC(C)(C)C)C1. The van der Waals surface area contributed by atoms with Crippen molar-refractivity contribution >= 4 is 23.7 Å². The molecule has 0 bridgehead atoms. The summed E-state index contributed by atoms with van der Waals surface area (Å²) in [5, 5.41) is 3.13. The fourth-order valence-corrected chi connectivity index (χ4v) is 2.68. The van der Waals surface area contributed by atoms with E-state index >= 15 is 0 Å². The Hall–Kier alpha value is -1.86. The Morgan fingerprint density at radius 2 is 1.89 bits per heavy atom. The molecule has 1 aliphatic heterocycles. The van der Waals surface area contributed by atoms with E-state index in [4.69, 9.17) is 21.1 Å². The maximum atomic E-state index is 13.6. The second-order valence-electron chi connectivity index (χ2n) is 7.24. The molecule has 1 saturated heterocycles. The van der Waals surface area contributed by atoms with Crippen LogP contribution in [0.1, 0.15) is 47.1 Å². The summed E-state index contributed by atoms with van der Waals surface area (Å²) < 4.78 is 24.0. The van der Waals surface area contributed by atoms with E-state index in [2.05, 4.69) is 5.32 Å². The molecule has 0 unspecified atom stereocenters. The number of benzene rings is 1. The zero-order chi connectivity index (χ0) is 21.5. The van der Waals surface area contributed by atoms with E-state index in [0.29, 0.717) is 5.56 Å². The van der Waals surface area contributed by atoms with Gasteiger partial charge in [0.1, 0.15) is 11.4 Å². The quantitative estimate of drug-likeness (QED) is 0.730. The van der Waals surface area contributed by atoms with Crippen molar-refractivity contribution in [2.75, 3.05) is 19.7 Å². The number of nitrogens with zero attached hydrogens (tertiary/aromatic N) is 1. The molecule has 1 N–H and O–H groups in total. The number of esters is 1. The number of hydrogen-bond acceptors (Lipinski definition) is 5. The molecular weight excluding hydrogens is 387 g/mol. The molecule has 1 aromatic rings. The molecule has 28 heavy (non-hydrogen) atoms. The Morgan fingerprint density at radius 3 is 2.39 bits per heavy atom. The summed E-state index contributed by atoms with van der Waals surface area (Å²) in [5.41, 5.74) is -1.03. The molecule has 0 spiro atoms. The summed E-state index contributed by atoms with van der Waals surface area (Å²) in [4.78, 5) is 25.9. The molecule has 1 fully saturated rings. The van der Waals surface area contributed by atoms with Gasteiger partial charge in [0.05, 0.1) is 24.7 Å². The van der Waals surface area contributed by atoms with E-state index in [1.54, 1.807) is 33.8 Å². The molecule has 0 aromatic heterocycles. The van der Waals surface area contributed by atoms with Crippen LogP contribution >= 0.6 is 11.6 Å². The molecule has 8 heteroatoms. The average Bonchev–Trinajstić information content (AvgIpc) is 2.57. The van der Waals surface area contributed by atoms with E-state index in [1.807, 2.05) is 13.8 Å². The smallest absolute Gasteiger partial charge is 0.410 e. The van der Waals surface area contributed by atoms with Gasteiger partial charge in [-0.05, 0) is 45.4 Å². The molecule has 2 rings (SSSR count). The highest BCUT2D eigenvalue weighted by Gasteiger charge is 2.53. The Balaban J connectivity index is 0.00000190. The second kappa shape index (κ2) is 10.1. The predicted octanol–water partition coefficient (Wildman–Crippen LogP) is 4.15. The minimum Gasteiger partial charge on any atom is -0.465 e. The Bertz CT molecular complexity index is 685. The first-order valence-electron chi connectivity index (χ1n) is 9.40. The molecule has 158 valence electrons. The number of rotatable bonds is 5. The summed E-state index contributed by atoms with van der Waals surface area (Å²) in [6, 6.07) is 4.43. The highest BCUT2D eigenvalue weighted by atomic mass is 35.5. The van der Waals surface area contributed by atoms with Crippen LogP contribution in [0.25, 0.3) is 0 Å². The lowest BCUT2D eigenvalue weighted by atomic mass is 9.89. The largest absolute Gasteiger partial charge is 0.465 e. The Labute approximate surface area is 171 Å². The number of amides is 1. The third-order valence-corrected chi connectivity index (χ3v) is 4.16. The van der Waals surface area contributed by atoms with E-state index in [-0.39, 0.29) is 31.3 Å². The third kappa shape index (κ3) is 6.34. The maximum absolute atomic E-state index is 13.6. The minimum absolute atomic E-state index is 0.0357. The van der Waals surface area contributed by atoms with Gasteiger partial charge in [-0.15, -0.1) is 0 Å². The van der Waals surface area contributed by atoms with Crippen LogP contribution in [0, 0.1) is 5.82 Å². The van der Waals surface area contributed by atoms with Crippen LogP contribution in [-0.2, 0) is 20.8 Å². The molecular formula is C20H30ClFN2O4. The molecule has 1 aromatic carbocycles. The number of carbonyl (C=O) groups excluding carboxylic acids is 2. The van der Waals surface area contributed by atoms with Crippen molar-refractivity contribution < 1.29 is 23.5 Å². The van der Waals surface area contributed by atoms with Gasteiger partial charge in [0, 0.05) is 6.54 Å². The van der Waals surface area contributed by atoms with E-state index in [9.17, 15) is 14.0 Å². The van der Waals surface area contributed by atoms with E-state index in [0.717, 1.165) is 0 Å². The van der Waals surface area contributed by atoms with Crippen LogP contribution in [0.5, 0.6) is 0 Å². The number of likely N-dealkylation sites (tertiary alicyclic amines) is 1. The molecule has 6 nitrogen and oxygen atoms in total. The van der Waals surface area contributed by atoms with Crippen molar-refractivity contribution in [3.63, 3.8) is 0 Å². The first-order valence-corrected chi connectivity index (χ1v) is 9.78. The van der Waals surface area contributed by atoms with Crippen LogP contribution in [0.15, 0.2) is 18.2 Å². The van der Waals surface area contributed by atoms with Crippen LogP contribution in [0.3, 0.4) is 0 Å². The van der Waals surface area contributed by atoms with Crippen molar-refractivity contribution in [1.29, 1.82) is 0 Å². The normalized spacial score (nSPS) is 15.1. The lowest BCUT2D eigenvalue weighted by Crippen LogP contribution is -2.74. The van der Waals surface area contributed by atoms with Crippen molar-refractivity contribution in [2.45, 2.75) is 59.2 Å². The third-order valence-electron chi connectivity index (χ3n) is 3.85. The van der Waals surface area contributed by atoms with Gasteiger partial charge >= 0.3 is 12.1 Å². The van der Waals surface area contributed by atoms with Gasteiger partial charge in [-0.2, -0.15) is 0 Å². The topological polar surface area (TPSA) is 67.9 Å². The first kappa shape index (κ1) is 24.2. The average molecular weight is 417 g/mol. The van der Waals surface area contributed by atoms with Gasteiger partial charge in [-0.1, -0.05) is 31.5 Å². The van der Waals surface area contributed by atoms with Crippen molar-refractivity contribution in [2.24, 2.45) is 0 Å². The van der Waals surface area contributed by atoms with Gasteiger partial charge in [0.2, 0.25) is 0 Å². The fraction of sp³-hybridized carbons (Fsp3) is 0.600. The lowest BCUT2D eigenvalue weighted by molar-refractivity contribution is -0.158. The molecule has 1 amide bonds. The van der Waals surface area contributed by atoms with Gasteiger partial charge in [0.15, 0.2) is 5.54 Å². The maximum Gasteiger partial charge on any atom is 0.410 e. The monoisotopic (exact) mass is 416 g/mol. The number of hydrogen-bond donors (Lipinski definition) is 1. The minimum atomic E-state index is -1.04. The molecule has 0 atom stereocenters. The lowest BCUT2D eigenvalue weighted by Gasteiger charge is -2.48. The molecule has 0 saturated carbocycles. The molecule has 0 aliphatic carbocycles. The van der Waals surface area contributed by atoms with Gasteiger partial charge in [0.25, 0.3) is 0 Å². The number of ether oxygens (including phenoxy) is 2. The molecule has 1 aliphatic rings. The van der Waals surface area contributed by atoms with Crippen molar-refractivity contribution in [3.05, 3.63) is 34.6 Å². The van der Waals surface area contributed by atoms with Gasteiger partial charge in [-0.25, -0.2) is 14.0 Å². The zero-order valence-corrected chi connectivity index (χ0v) is 18.2. The summed E-state index contributed by atoms with van der Waals surface area (Å²) in [6.07, 6.45) is -0.489. The fourth-order valence-electron chi connectivity index (χ4n) is 2.56. The molecule has 0 radical (unpaired) electrons. The molecule has 1 heterocycles. The van der Waals surface area contributed by atoms with Crippen LogP contribution < -0.4 is 5.32 Å². The standard InChI is InChI=1S/C18H24ClFN2O4.C2H6/c1-5-25-15(23)18(10-22(11-18)16(24)26-17(2,3)4)21-9-12-6-7-13(19)14(20)8-12;1-2/h6-8,21H,5,9-11H2,1-4H3;1-2H3. The van der Waals surface area contributed by atoms with E-state index < -0.39 is 29.0 Å². The predicted molar refractivity (Wildman–Crippen MR) is 107 cm³/mol. The number of nitrogens with one attached hydrogen (secondary N) is 1.